The fourth-order valence-electron chi connectivity index (χ4n) is 4.15. The monoisotopic (exact) mass is 429 g/mol. The Hall–Kier alpha value is -2.77. The lowest BCUT2D eigenvalue weighted by Gasteiger charge is -2.26. The number of imidazole rings is 1. The first-order valence-corrected chi connectivity index (χ1v) is 10.2. The molecule has 1 unspecified atom stereocenters. The number of carbonyl (C=O) groups is 1. The third-order valence-electron chi connectivity index (χ3n) is 5.62. The van der Waals surface area contributed by atoms with Crippen LogP contribution < -0.4 is 5.32 Å². The summed E-state index contributed by atoms with van der Waals surface area (Å²) in [7, 11) is 0. The molecule has 1 aromatic heterocycles. The Labute approximate surface area is 176 Å². The zero-order valence-electron chi connectivity index (χ0n) is 15.9. The number of nitrogens with zero attached hydrogens (tertiary/aromatic N) is 2. The lowest BCUT2D eigenvalue weighted by Crippen LogP contribution is -2.19. The minimum atomic E-state index is -0.708. The normalized spacial score (nSPS) is 18.4. The van der Waals surface area contributed by atoms with E-state index in [-0.39, 0.29) is 23.0 Å². The van der Waals surface area contributed by atoms with Crippen LogP contribution in [0.4, 0.5) is 8.78 Å². The Balaban J connectivity index is 1.74. The first-order valence-electron chi connectivity index (χ1n) is 9.78. The van der Waals surface area contributed by atoms with Crippen LogP contribution in [-0.2, 0) is 11.3 Å². The molecule has 5 nitrogen and oxygen atoms in total. The number of amides is 1. The van der Waals surface area contributed by atoms with Crippen molar-refractivity contribution in [2.45, 2.75) is 32.0 Å². The number of ether oxygens (including phenoxy) is 1. The standard InChI is InChI=1S/C22H18ClF2N3O2/c23-22-27-11-19(28(22)20-3-1-2-6-30-20)17-7-12-10-26-21(29)15(12)9-16(17)14-5-4-13(24)8-18(14)25/h4-5,7-9,11,20H,1-3,6,10H2,(H,26,29). The van der Waals surface area contributed by atoms with Crippen molar-refractivity contribution in [3.8, 4) is 22.4 Å². The van der Waals surface area contributed by atoms with E-state index in [1.807, 2.05) is 6.07 Å². The van der Waals surface area contributed by atoms with Gasteiger partial charge in [-0.3, -0.25) is 9.36 Å². The summed E-state index contributed by atoms with van der Waals surface area (Å²) in [5, 5.41) is 3.06. The first-order chi connectivity index (χ1) is 14.5. The minimum absolute atomic E-state index is 0.197. The van der Waals surface area contributed by atoms with E-state index in [1.165, 1.54) is 12.1 Å². The summed E-state index contributed by atoms with van der Waals surface area (Å²) in [5.74, 6) is -1.59. The predicted octanol–water partition coefficient (Wildman–Crippen LogP) is 5.09. The van der Waals surface area contributed by atoms with Crippen LogP contribution in [0.25, 0.3) is 22.4 Å². The lowest BCUT2D eigenvalue weighted by atomic mass is 9.92. The summed E-state index contributed by atoms with van der Waals surface area (Å²) < 4.78 is 36.0. The number of aromatic nitrogens is 2. The van der Waals surface area contributed by atoms with Gasteiger partial charge in [0.15, 0.2) is 0 Å². The molecule has 0 radical (unpaired) electrons. The molecule has 2 aromatic carbocycles. The summed E-state index contributed by atoms with van der Waals surface area (Å²) in [5.41, 5.74) is 3.26. The Morgan fingerprint density at radius 2 is 1.97 bits per heavy atom. The summed E-state index contributed by atoms with van der Waals surface area (Å²) in [6.45, 7) is 1.01. The Morgan fingerprint density at radius 1 is 1.10 bits per heavy atom. The molecule has 0 bridgehead atoms. The van der Waals surface area contributed by atoms with Crippen molar-refractivity contribution in [2.24, 2.45) is 0 Å². The van der Waals surface area contributed by atoms with E-state index in [2.05, 4.69) is 10.3 Å². The smallest absolute Gasteiger partial charge is 0.251 e. The van der Waals surface area contributed by atoms with Crippen molar-refractivity contribution in [2.75, 3.05) is 6.61 Å². The Kier molecular flexibility index (Phi) is 4.79. The topological polar surface area (TPSA) is 56.2 Å². The fourth-order valence-corrected chi connectivity index (χ4v) is 4.40. The van der Waals surface area contributed by atoms with E-state index in [0.717, 1.165) is 30.9 Å². The second-order valence-corrected chi connectivity index (χ2v) is 7.80. The summed E-state index contributed by atoms with van der Waals surface area (Å²) in [4.78, 5) is 16.5. The van der Waals surface area contributed by atoms with E-state index in [4.69, 9.17) is 16.3 Å². The third-order valence-corrected chi connectivity index (χ3v) is 5.90. The van der Waals surface area contributed by atoms with Crippen LogP contribution in [0, 0.1) is 11.6 Å². The number of hydrogen-bond acceptors (Lipinski definition) is 3. The molecule has 0 spiro atoms. The van der Waals surface area contributed by atoms with E-state index in [9.17, 15) is 13.6 Å². The largest absolute Gasteiger partial charge is 0.358 e. The van der Waals surface area contributed by atoms with Crippen molar-refractivity contribution in [1.82, 2.24) is 14.9 Å². The van der Waals surface area contributed by atoms with Crippen LogP contribution in [0.5, 0.6) is 0 Å². The minimum Gasteiger partial charge on any atom is -0.358 e. The molecule has 1 fully saturated rings. The van der Waals surface area contributed by atoms with Crippen LogP contribution in [0.1, 0.15) is 41.4 Å². The van der Waals surface area contributed by atoms with Crippen molar-refractivity contribution in [3.05, 3.63) is 64.6 Å². The van der Waals surface area contributed by atoms with Gasteiger partial charge >= 0.3 is 0 Å². The highest BCUT2D eigenvalue weighted by atomic mass is 35.5. The summed E-state index contributed by atoms with van der Waals surface area (Å²) in [6.07, 6.45) is 4.12. The highest BCUT2D eigenvalue weighted by molar-refractivity contribution is 6.28. The molecule has 1 saturated heterocycles. The van der Waals surface area contributed by atoms with Crippen LogP contribution >= 0.6 is 11.6 Å². The number of nitrogens with one attached hydrogen (secondary N) is 1. The molecule has 8 heteroatoms. The van der Waals surface area contributed by atoms with Gasteiger partial charge in [-0.25, -0.2) is 13.8 Å². The van der Waals surface area contributed by atoms with Gasteiger partial charge in [0.05, 0.1) is 11.9 Å². The van der Waals surface area contributed by atoms with Crippen LogP contribution in [0.3, 0.4) is 0 Å². The maximum Gasteiger partial charge on any atom is 0.251 e. The molecule has 2 aliphatic heterocycles. The molecule has 2 aliphatic rings. The molecule has 30 heavy (non-hydrogen) atoms. The maximum atomic E-state index is 14.7. The summed E-state index contributed by atoms with van der Waals surface area (Å²) in [6, 6.07) is 6.90. The van der Waals surface area contributed by atoms with Crippen LogP contribution in [-0.4, -0.2) is 22.1 Å². The summed E-state index contributed by atoms with van der Waals surface area (Å²) >= 11 is 6.40. The highest BCUT2D eigenvalue weighted by Crippen LogP contribution is 2.40. The number of benzene rings is 2. The molecule has 1 N–H and O–H groups in total. The molecular formula is C22H18ClF2N3O2. The molecule has 3 heterocycles. The van der Waals surface area contributed by atoms with E-state index in [0.29, 0.717) is 35.5 Å². The number of carbonyl (C=O) groups excluding carboxylic acids is 1. The average molecular weight is 430 g/mol. The lowest BCUT2D eigenvalue weighted by molar-refractivity contribution is -0.0308. The fraction of sp³-hybridized carbons (Fsp3) is 0.273. The van der Waals surface area contributed by atoms with Gasteiger partial charge in [0.2, 0.25) is 5.28 Å². The van der Waals surface area contributed by atoms with Crippen molar-refractivity contribution >= 4 is 17.5 Å². The second-order valence-electron chi connectivity index (χ2n) is 7.47. The van der Waals surface area contributed by atoms with Gasteiger partial charge in [0.25, 0.3) is 5.91 Å². The zero-order valence-corrected chi connectivity index (χ0v) is 16.7. The van der Waals surface area contributed by atoms with Gasteiger partial charge in [0.1, 0.15) is 17.9 Å². The number of hydrogen-bond donors (Lipinski definition) is 1. The van der Waals surface area contributed by atoms with Crippen molar-refractivity contribution < 1.29 is 18.3 Å². The van der Waals surface area contributed by atoms with Gasteiger partial charge in [-0.05, 0) is 66.3 Å². The molecule has 0 aliphatic carbocycles. The van der Waals surface area contributed by atoms with E-state index < -0.39 is 11.6 Å². The molecule has 0 saturated carbocycles. The molecule has 154 valence electrons. The van der Waals surface area contributed by atoms with Crippen LogP contribution in [0.15, 0.2) is 36.5 Å². The van der Waals surface area contributed by atoms with Gasteiger partial charge in [-0.1, -0.05) is 0 Å². The van der Waals surface area contributed by atoms with Crippen molar-refractivity contribution in [3.63, 3.8) is 0 Å². The van der Waals surface area contributed by atoms with E-state index in [1.54, 1.807) is 16.8 Å². The van der Waals surface area contributed by atoms with Gasteiger partial charge < -0.3 is 10.1 Å². The molecule has 1 amide bonds. The maximum absolute atomic E-state index is 14.7. The Bertz CT molecular complexity index is 1160. The number of rotatable bonds is 3. The molecule has 5 rings (SSSR count). The van der Waals surface area contributed by atoms with Crippen molar-refractivity contribution in [1.29, 1.82) is 0 Å². The predicted molar refractivity (Wildman–Crippen MR) is 108 cm³/mol. The van der Waals surface area contributed by atoms with Crippen LogP contribution in [0.2, 0.25) is 5.28 Å². The number of halogens is 3. The average Bonchev–Trinajstić information content (AvgIpc) is 3.30. The molecule has 3 aromatic rings. The SMILES string of the molecule is O=C1NCc2cc(-c3cnc(Cl)n3C3CCCCO3)c(-c3ccc(F)cc3F)cc21. The second kappa shape index (κ2) is 7.49. The quantitative estimate of drug-likeness (QED) is 0.630. The van der Waals surface area contributed by atoms with Gasteiger partial charge in [-0.2, -0.15) is 0 Å². The molecular weight excluding hydrogens is 412 g/mol. The first kappa shape index (κ1) is 19.2. The van der Waals surface area contributed by atoms with E-state index >= 15 is 0 Å². The van der Waals surface area contributed by atoms with Gasteiger partial charge in [0, 0.05) is 35.9 Å². The molecule has 1 atom stereocenters. The van der Waals surface area contributed by atoms with Gasteiger partial charge in [-0.15, -0.1) is 0 Å². The zero-order chi connectivity index (χ0) is 20.8. The highest BCUT2D eigenvalue weighted by Gasteiger charge is 2.27. The number of fused-ring (bicyclic) bond motifs is 1. The third kappa shape index (κ3) is 3.18. The Morgan fingerprint density at radius 3 is 2.73 bits per heavy atom.